The summed E-state index contributed by atoms with van der Waals surface area (Å²) in [4.78, 5) is 3.96. The van der Waals surface area contributed by atoms with Gasteiger partial charge >= 0.3 is 0 Å². The Bertz CT molecular complexity index is 286. The van der Waals surface area contributed by atoms with E-state index in [1.807, 2.05) is 6.07 Å². The van der Waals surface area contributed by atoms with Crippen LogP contribution in [-0.4, -0.2) is 10.3 Å². The van der Waals surface area contributed by atoms with E-state index in [-0.39, 0.29) is 5.41 Å². The fraction of sp³-hybridized carbons (Fsp3) is 0.500. The first-order valence-electron chi connectivity index (χ1n) is 4.19. The monoisotopic (exact) mass is 261 g/mol. The summed E-state index contributed by atoms with van der Waals surface area (Å²) in [6, 6.07) is 1.98. The Balaban J connectivity index is 2.80. The number of nitrogens with zero attached hydrogens (tertiary/aromatic N) is 1. The van der Waals surface area contributed by atoms with Crippen molar-refractivity contribution in [1.82, 2.24) is 4.98 Å². The van der Waals surface area contributed by atoms with Crippen molar-refractivity contribution in [2.45, 2.75) is 20.3 Å². The molecule has 0 unspecified atom stereocenters. The quantitative estimate of drug-likeness (QED) is 0.757. The highest BCUT2D eigenvalue weighted by molar-refractivity contribution is 9.09. The number of hydrogen-bond acceptors (Lipinski definition) is 1. The van der Waals surface area contributed by atoms with Gasteiger partial charge in [0, 0.05) is 17.7 Å². The lowest BCUT2D eigenvalue weighted by Crippen LogP contribution is -2.16. The number of halogens is 2. The van der Waals surface area contributed by atoms with Crippen LogP contribution < -0.4 is 0 Å². The molecule has 0 spiro atoms. The molecule has 13 heavy (non-hydrogen) atoms. The van der Waals surface area contributed by atoms with Crippen molar-refractivity contribution in [3.63, 3.8) is 0 Å². The van der Waals surface area contributed by atoms with E-state index in [1.54, 1.807) is 12.4 Å². The molecule has 0 saturated carbocycles. The summed E-state index contributed by atoms with van der Waals surface area (Å²) in [7, 11) is 0. The van der Waals surface area contributed by atoms with Crippen LogP contribution in [0.4, 0.5) is 0 Å². The number of aromatic nitrogens is 1. The van der Waals surface area contributed by atoms with Crippen LogP contribution >= 0.6 is 27.5 Å². The lowest BCUT2D eigenvalue weighted by molar-refractivity contribution is 0.425. The Morgan fingerprint density at radius 3 is 2.77 bits per heavy atom. The van der Waals surface area contributed by atoms with Gasteiger partial charge in [-0.25, -0.2) is 0 Å². The molecule has 1 rings (SSSR count). The third-order valence-electron chi connectivity index (χ3n) is 1.89. The second kappa shape index (κ2) is 4.43. The molecule has 0 bridgehead atoms. The minimum Gasteiger partial charge on any atom is -0.263 e. The van der Waals surface area contributed by atoms with Crippen molar-refractivity contribution in [2.24, 2.45) is 5.41 Å². The Labute approximate surface area is 92.6 Å². The van der Waals surface area contributed by atoms with E-state index in [0.717, 1.165) is 16.8 Å². The molecule has 0 radical (unpaired) electrons. The van der Waals surface area contributed by atoms with Crippen molar-refractivity contribution in [1.29, 1.82) is 0 Å². The maximum atomic E-state index is 6.01. The van der Waals surface area contributed by atoms with Crippen LogP contribution in [-0.2, 0) is 6.42 Å². The van der Waals surface area contributed by atoms with Crippen LogP contribution in [0.2, 0.25) is 5.02 Å². The maximum Gasteiger partial charge on any atom is 0.0621 e. The lowest BCUT2D eigenvalue weighted by atomic mass is 9.88. The first-order chi connectivity index (χ1) is 6.05. The van der Waals surface area contributed by atoms with Crippen molar-refractivity contribution < 1.29 is 0 Å². The van der Waals surface area contributed by atoms with Gasteiger partial charge in [0.1, 0.15) is 0 Å². The molecular formula is C10H13BrClN. The molecule has 0 aliphatic carbocycles. The number of hydrogen-bond donors (Lipinski definition) is 0. The molecule has 72 valence electrons. The van der Waals surface area contributed by atoms with Gasteiger partial charge in [-0.1, -0.05) is 41.4 Å². The molecule has 1 aromatic heterocycles. The molecule has 0 atom stereocenters. The standard InChI is InChI=1S/C10H13BrClN/c1-10(2,7-11)5-8-3-4-13-6-9(8)12/h3-4,6H,5,7H2,1-2H3. The number of alkyl halides is 1. The second-order valence-electron chi connectivity index (χ2n) is 3.94. The third kappa shape index (κ3) is 3.28. The highest BCUT2D eigenvalue weighted by Gasteiger charge is 2.17. The predicted octanol–water partition coefficient (Wildman–Crippen LogP) is 3.70. The Morgan fingerprint density at radius 1 is 1.54 bits per heavy atom. The van der Waals surface area contributed by atoms with Crippen molar-refractivity contribution in [3.8, 4) is 0 Å². The van der Waals surface area contributed by atoms with E-state index in [1.165, 1.54) is 5.56 Å². The van der Waals surface area contributed by atoms with Crippen molar-refractivity contribution >= 4 is 27.5 Å². The highest BCUT2D eigenvalue weighted by Crippen LogP contribution is 2.27. The lowest BCUT2D eigenvalue weighted by Gasteiger charge is -2.21. The smallest absolute Gasteiger partial charge is 0.0621 e. The van der Waals surface area contributed by atoms with Crippen molar-refractivity contribution in [2.75, 3.05) is 5.33 Å². The summed E-state index contributed by atoms with van der Waals surface area (Å²) in [5.41, 5.74) is 1.41. The van der Waals surface area contributed by atoms with Gasteiger partial charge in [0.25, 0.3) is 0 Å². The predicted molar refractivity (Wildman–Crippen MR) is 60.5 cm³/mol. The van der Waals surface area contributed by atoms with Crippen LogP contribution in [0.25, 0.3) is 0 Å². The zero-order valence-electron chi connectivity index (χ0n) is 7.85. The second-order valence-corrected chi connectivity index (χ2v) is 4.91. The molecule has 1 nitrogen and oxygen atoms in total. The zero-order valence-corrected chi connectivity index (χ0v) is 10.2. The largest absolute Gasteiger partial charge is 0.263 e. The Kier molecular flexibility index (Phi) is 3.74. The SMILES string of the molecule is CC(C)(CBr)Cc1ccncc1Cl. The summed E-state index contributed by atoms with van der Waals surface area (Å²) in [6.45, 7) is 4.41. The summed E-state index contributed by atoms with van der Waals surface area (Å²) in [5, 5.41) is 1.73. The van der Waals surface area contributed by atoms with Crippen LogP contribution in [0.5, 0.6) is 0 Å². The fourth-order valence-electron chi connectivity index (χ4n) is 1.11. The van der Waals surface area contributed by atoms with Crippen LogP contribution in [0.1, 0.15) is 19.4 Å². The van der Waals surface area contributed by atoms with Gasteiger partial charge < -0.3 is 0 Å². The molecule has 0 saturated heterocycles. The van der Waals surface area contributed by atoms with E-state index >= 15 is 0 Å². The number of rotatable bonds is 3. The van der Waals surface area contributed by atoms with Crippen molar-refractivity contribution in [3.05, 3.63) is 29.0 Å². The molecular weight excluding hydrogens is 249 g/mol. The molecule has 0 amide bonds. The maximum absolute atomic E-state index is 6.01. The molecule has 0 aliphatic heterocycles. The van der Waals surface area contributed by atoms with Crippen LogP contribution in [0.15, 0.2) is 18.5 Å². The Hall–Kier alpha value is -0.0800. The van der Waals surface area contributed by atoms with Gasteiger partial charge in [-0.2, -0.15) is 0 Å². The molecule has 3 heteroatoms. The molecule has 1 heterocycles. The normalized spacial score (nSPS) is 11.7. The van der Waals surface area contributed by atoms with Gasteiger partial charge in [0.15, 0.2) is 0 Å². The molecule has 0 fully saturated rings. The van der Waals surface area contributed by atoms with Gasteiger partial charge in [-0.3, -0.25) is 4.98 Å². The minimum absolute atomic E-state index is 0.241. The van der Waals surface area contributed by atoms with E-state index in [4.69, 9.17) is 11.6 Å². The average molecular weight is 263 g/mol. The summed E-state index contributed by atoms with van der Waals surface area (Å²) >= 11 is 9.50. The summed E-state index contributed by atoms with van der Waals surface area (Å²) < 4.78 is 0. The topological polar surface area (TPSA) is 12.9 Å². The van der Waals surface area contributed by atoms with Gasteiger partial charge in [-0.05, 0) is 23.5 Å². The number of pyridine rings is 1. The van der Waals surface area contributed by atoms with Crippen LogP contribution in [0, 0.1) is 5.41 Å². The molecule has 0 aliphatic rings. The van der Waals surface area contributed by atoms with E-state index in [2.05, 4.69) is 34.8 Å². The fourth-order valence-corrected chi connectivity index (χ4v) is 1.49. The molecule has 0 aromatic carbocycles. The van der Waals surface area contributed by atoms with Gasteiger partial charge in [0.2, 0.25) is 0 Å². The van der Waals surface area contributed by atoms with Gasteiger partial charge in [-0.15, -0.1) is 0 Å². The summed E-state index contributed by atoms with van der Waals surface area (Å²) in [6.07, 6.45) is 4.45. The summed E-state index contributed by atoms with van der Waals surface area (Å²) in [5.74, 6) is 0. The minimum atomic E-state index is 0.241. The van der Waals surface area contributed by atoms with E-state index < -0.39 is 0 Å². The Morgan fingerprint density at radius 2 is 2.23 bits per heavy atom. The van der Waals surface area contributed by atoms with Crippen LogP contribution in [0.3, 0.4) is 0 Å². The zero-order chi connectivity index (χ0) is 9.90. The van der Waals surface area contributed by atoms with E-state index in [0.29, 0.717) is 0 Å². The molecule has 0 N–H and O–H groups in total. The van der Waals surface area contributed by atoms with Gasteiger partial charge in [0.05, 0.1) is 5.02 Å². The van der Waals surface area contributed by atoms with E-state index in [9.17, 15) is 0 Å². The first kappa shape index (κ1) is 11.0. The molecule has 1 aromatic rings. The first-order valence-corrected chi connectivity index (χ1v) is 5.69. The average Bonchev–Trinajstić information content (AvgIpc) is 2.09. The highest BCUT2D eigenvalue weighted by atomic mass is 79.9. The third-order valence-corrected chi connectivity index (χ3v) is 3.75.